The summed E-state index contributed by atoms with van der Waals surface area (Å²) in [7, 11) is 2.18. The molecule has 8 nitrogen and oxygen atoms in total. The van der Waals surface area contributed by atoms with Gasteiger partial charge in [-0.3, -0.25) is 4.98 Å². The molecule has 1 saturated heterocycles. The molecule has 2 aliphatic heterocycles. The summed E-state index contributed by atoms with van der Waals surface area (Å²) in [5, 5.41) is 22.6. The molecule has 4 rings (SSSR count). The molecule has 1 aliphatic carbocycles. The lowest BCUT2D eigenvalue weighted by molar-refractivity contribution is 0.295. The molecule has 3 heterocycles. The summed E-state index contributed by atoms with van der Waals surface area (Å²) in [6.45, 7) is 15.4. The minimum Gasteiger partial charge on any atom is -0.397 e. The van der Waals surface area contributed by atoms with Gasteiger partial charge >= 0.3 is 0 Å². The number of alkyl halides is 1. The highest BCUT2D eigenvalue weighted by molar-refractivity contribution is 8.03. The average Bonchev–Trinajstić information content (AvgIpc) is 3.67. The van der Waals surface area contributed by atoms with Crippen molar-refractivity contribution in [3.8, 4) is 6.07 Å². The number of amidine groups is 1. The third kappa shape index (κ3) is 9.99. The molecular weight excluding hydrogens is 620 g/mol. The van der Waals surface area contributed by atoms with Crippen LogP contribution >= 0.6 is 11.8 Å². The number of aryl methyl sites for hydroxylation is 1. The standard InChI is InChI=1S/C36H49FN8S.C2H6/c1-6-9-27(24(3)28-11-7-12-33-35(28)29(19-38)36(37)46-33)31(39)21-43-25(13-14-26-10-8-17-45(26)5)18-34(41-4)44-22-32(40)30-20-42-16-15-23(30)2;1-2/h15-16,18,20,22,26,28-29,36,39,43H,4,6-14,17,21,40H2,1-3,5H3;1-2H3/b25-18-,27-24+,32-22-,39-31?,44-34+;/t26?,28-,29?,36?;/m1./s1. The van der Waals surface area contributed by atoms with E-state index in [9.17, 15) is 15.1 Å². The first-order chi connectivity index (χ1) is 23.2. The molecule has 0 saturated carbocycles. The van der Waals surface area contributed by atoms with Crippen molar-refractivity contribution in [3.63, 3.8) is 0 Å². The van der Waals surface area contributed by atoms with Crippen LogP contribution in [0, 0.1) is 35.5 Å². The third-order valence-electron chi connectivity index (χ3n) is 9.51. The zero-order chi connectivity index (χ0) is 35.2. The second kappa shape index (κ2) is 19.4. The van der Waals surface area contributed by atoms with Crippen molar-refractivity contribution < 1.29 is 4.39 Å². The fourth-order valence-electron chi connectivity index (χ4n) is 6.88. The molecule has 0 aromatic carbocycles. The number of rotatable bonds is 13. The predicted molar refractivity (Wildman–Crippen MR) is 202 cm³/mol. The smallest absolute Gasteiger partial charge is 0.169 e. The van der Waals surface area contributed by atoms with E-state index in [1.165, 1.54) is 24.6 Å². The minimum absolute atomic E-state index is 0.0147. The van der Waals surface area contributed by atoms with E-state index >= 15 is 0 Å². The normalized spacial score (nSPS) is 23.9. The zero-order valence-corrected chi connectivity index (χ0v) is 30.6. The topological polar surface area (TPSA) is 127 Å². The number of halogens is 1. The van der Waals surface area contributed by atoms with Crippen molar-refractivity contribution in [3.05, 3.63) is 69.2 Å². The Kier molecular flexibility index (Phi) is 15.8. The lowest BCUT2D eigenvalue weighted by atomic mass is 9.75. The van der Waals surface area contributed by atoms with Crippen LogP contribution in [0.5, 0.6) is 0 Å². The van der Waals surface area contributed by atoms with E-state index in [0.717, 1.165) is 89.9 Å². The molecule has 3 aliphatic rings. The fourth-order valence-corrected chi connectivity index (χ4v) is 8.17. The number of nitrogens with zero attached hydrogens (tertiary/aromatic N) is 5. The Balaban J connectivity index is 0.00000307. The van der Waals surface area contributed by atoms with Crippen LogP contribution in [0.3, 0.4) is 0 Å². The van der Waals surface area contributed by atoms with Gasteiger partial charge in [0.15, 0.2) is 11.3 Å². The molecule has 48 heavy (non-hydrogen) atoms. The Bertz CT molecular complexity index is 1480. The van der Waals surface area contributed by atoms with Crippen LogP contribution in [-0.2, 0) is 0 Å². The van der Waals surface area contributed by atoms with Gasteiger partial charge in [-0.25, -0.2) is 14.4 Å². The summed E-state index contributed by atoms with van der Waals surface area (Å²) < 4.78 is 14.8. The van der Waals surface area contributed by atoms with E-state index in [-0.39, 0.29) is 5.92 Å². The van der Waals surface area contributed by atoms with Crippen LogP contribution in [0.25, 0.3) is 5.70 Å². The molecule has 1 aromatic heterocycles. The number of hydrogen-bond donors (Lipinski definition) is 3. The second-order valence-electron chi connectivity index (χ2n) is 12.5. The number of aliphatic imine (C=N–C) groups is 2. The highest BCUT2D eigenvalue weighted by Crippen LogP contribution is 2.53. The first-order valence-corrected chi connectivity index (χ1v) is 18.3. The molecule has 0 radical (unpaired) electrons. The van der Waals surface area contributed by atoms with Crippen molar-refractivity contribution in [1.82, 2.24) is 15.2 Å². The molecule has 10 heteroatoms. The van der Waals surface area contributed by atoms with E-state index in [4.69, 9.17) is 5.73 Å². The minimum atomic E-state index is -1.20. The first-order valence-electron chi connectivity index (χ1n) is 17.4. The van der Waals surface area contributed by atoms with E-state index in [1.807, 2.05) is 32.9 Å². The summed E-state index contributed by atoms with van der Waals surface area (Å²) in [5.41, 5.74) is 12.0. The van der Waals surface area contributed by atoms with Crippen LogP contribution in [0.1, 0.15) is 96.6 Å². The van der Waals surface area contributed by atoms with Crippen molar-refractivity contribution in [2.24, 2.45) is 27.6 Å². The molecule has 0 bridgehead atoms. The number of allylic oxidation sites excluding steroid dienone is 4. The number of nitrogens with two attached hydrogens (primary N) is 1. The average molecular weight is 675 g/mol. The van der Waals surface area contributed by atoms with Crippen LogP contribution in [0.15, 0.2) is 68.0 Å². The van der Waals surface area contributed by atoms with Gasteiger partial charge in [-0.05, 0) is 113 Å². The summed E-state index contributed by atoms with van der Waals surface area (Å²) in [5.74, 6) is -0.253. The summed E-state index contributed by atoms with van der Waals surface area (Å²) >= 11 is 1.23. The number of nitrogens with one attached hydrogen (secondary N) is 2. The zero-order valence-electron chi connectivity index (χ0n) is 29.8. The highest BCUT2D eigenvalue weighted by atomic mass is 32.2. The molecule has 1 fully saturated rings. The summed E-state index contributed by atoms with van der Waals surface area (Å²) in [4.78, 5) is 16.4. The number of likely N-dealkylation sites (tertiary alicyclic amines) is 1. The Hall–Kier alpha value is -3.55. The Morgan fingerprint density at radius 2 is 2.08 bits per heavy atom. The first kappa shape index (κ1) is 38.9. The van der Waals surface area contributed by atoms with Gasteiger partial charge in [0.05, 0.1) is 30.2 Å². The van der Waals surface area contributed by atoms with Crippen LogP contribution in [0.4, 0.5) is 4.39 Å². The van der Waals surface area contributed by atoms with Crippen molar-refractivity contribution in [2.45, 2.75) is 104 Å². The number of pyridine rings is 1. The molecular formula is C38H55FN8S. The Morgan fingerprint density at radius 1 is 1.31 bits per heavy atom. The van der Waals surface area contributed by atoms with Gasteiger partial charge in [0, 0.05) is 41.7 Å². The van der Waals surface area contributed by atoms with Gasteiger partial charge < -0.3 is 21.4 Å². The number of hydrogen-bond acceptors (Lipinski definition) is 8. The number of nitriles is 1. The van der Waals surface area contributed by atoms with Crippen LogP contribution in [0.2, 0.25) is 0 Å². The van der Waals surface area contributed by atoms with Gasteiger partial charge in [-0.15, -0.1) is 0 Å². The largest absolute Gasteiger partial charge is 0.397 e. The number of aromatic nitrogens is 1. The molecule has 0 spiro atoms. The van der Waals surface area contributed by atoms with Gasteiger partial charge in [0.2, 0.25) is 0 Å². The molecule has 260 valence electrons. The maximum Gasteiger partial charge on any atom is 0.169 e. The van der Waals surface area contributed by atoms with E-state index < -0.39 is 11.4 Å². The SMILES string of the molecule is C=NC(/C=C(/CCC1CCCN1C)NCC(=N)/C(CCC)=C(\C)[C@H]1CCCC2=C1C(C#N)C(F)S2)=N/C=C(\N)c1cnccc1C.CC. The summed E-state index contributed by atoms with van der Waals surface area (Å²) in [6, 6.07) is 4.65. The predicted octanol–water partition coefficient (Wildman–Crippen LogP) is 8.49. The van der Waals surface area contributed by atoms with Crippen molar-refractivity contribution in [2.75, 3.05) is 20.1 Å². The van der Waals surface area contributed by atoms with Crippen molar-refractivity contribution in [1.29, 1.82) is 10.7 Å². The molecule has 4 N–H and O–H groups in total. The quantitative estimate of drug-likeness (QED) is 0.142. The highest BCUT2D eigenvalue weighted by Gasteiger charge is 2.42. The van der Waals surface area contributed by atoms with Gasteiger partial charge in [-0.1, -0.05) is 44.5 Å². The van der Waals surface area contributed by atoms with E-state index in [2.05, 4.69) is 58.9 Å². The van der Waals surface area contributed by atoms with E-state index in [0.29, 0.717) is 29.8 Å². The summed E-state index contributed by atoms with van der Waals surface area (Å²) in [6.07, 6.45) is 15.5. The molecule has 4 atom stereocenters. The van der Waals surface area contributed by atoms with Crippen LogP contribution < -0.4 is 11.1 Å². The monoisotopic (exact) mass is 674 g/mol. The third-order valence-corrected chi connectivity index (χ3v) is 10.7. The Labute approximate surface area is 292 Å². The van der Waals surface area contributed by atoms with Gasteiger partial charge in [-0.2, -0.15) is 5.26 Å². The lowest BCUT2D eigenvalue weighted by Gasteiger charge is -2.29. The maximum atomic E-state index is 14.8. The Morgan fingerprint density at radius 3 is 2.73 bits per heavy atom. The van der Waals surface area contributed by atoms with Gasteiger partial charge in [0.25, 0.3) is 0 Å². The maximum absolute atomic E-state index is 14.8. The molecule has 1 aromatic rings. The molecule has 3 unspecified atom stereocenters. The van der Waals surface area contributed by atoms with E-state index in [1.54, 1.807) is 18.6 Å². The fraction of sp³-hybridized carbons (Fsp3) is 0.553. The molecule has 0 amide bonds. The second-order valence-corrected chi connectivity index (χ2v) is 13.7. The lowest BCUT2D eigenvalue weighted by Crippen LogP contribution is -2.28. The van der Waals surface area contributed by atoms with Crippen molar-refractivity contribution >= 4 is 35.7 Å². The number of thioether (sulfide) groups is 1. The van der Waals surface area contributed by atoms with Gasteiger partial charge in [0.1, 0.15) is 5.92 Å². The van der Waals surface area contributed by atoms with Crippen LogP contribution in [-0.4, -0.2) is 59.8 Å².